The summed E-state index contributed by atoms with van der Waals surface area (Å²) in [6.07, 6.45) is -3.57. The second-order valence-electron chi connectivity index (χ2n) is 5.09. The maximum Gasteiger partial charge on any atom is 0.418 e. The zero-order valence-corrected chi connectivity index (χ0v) is 14.7. The van der Waals surface area contributed by atoms with Gasteiger partial charge in [0.15, 0.2) is 0 Å². The topological polar surface area (TPSA) is 66.5 Å². The number of sulfonamides is 1. The molecule has 0 fully saturated rings. The first-order valence-corrected chi connectivity index (χ1v) is 9.30. The summed E-state index contributed by atoms with van der Waals surface area (Å²) in [4.78, 5) is 11.6. The van der Waals surface area contributed by atoms with Gasteiger partial charge in [-0.15, -0.1) is 0 Å². The second-order valence-corrected chi connectivity index (χ2v) is 7.44. The molecule has 1 aromatic rings. The Labute approximate surface area is 143 Å². The Kier molecular flexibility index (Phi) is 6.91. The quantitative estimate of drug-likeness (QED) is 0.783. The number of carbonyl (C=O) groups excluding carboxylic acids is 1. The molecule has 0 saturated heterocycles. The number of rotatable bonds is 7. The van der Waals surface area contributed by atoms with Crippen LogP contribution in [0.3, 0.4) is 0 Å². The van der Waals surface area contributed by atoms with Crippen LogP contribution in [-0.2, 0) is 21.0 Å². The van der Waals surface area contributed by atoms with Crippen molar-refractivity contribution in [1.82, 2.24) is 5.32 Å². The van der Waals surface area contributed by atoms with E-state index in [4.69, 9.17) is 11.6 Å². The molecule has 1 rings (SSSR count). The lowest BCUT2D eigenvalue weighted by Gasteiger charge is -2.25. The van der Waals surface area contributed by atoms with Crippen LogP contribution >= 0.6 is 11.6 Å². The Morgan fingerprint density at radius 2 is 1.96 bits per heavy atom. The van der Waals surface area contributed by atoms with Gasteiger partial charge in [0, 0.05) is 24.5 Å². The molecule has 0 aliphatic heterocycles. The molecule has 0 aromatic heterocycles. The molecule has 0 saturated carbocycles. The molecule has 0 spiro atoms. The van der Waals surface area contributed by atoms with E-state index in [2.05, 4.69) is 5.32 Å². The number of hydrogen-bond donors (Lipinski definition) is 1. The predicted octanol–water partition coefficient (Wildman–Crippen LogP) is 3.04. The van der Waals surface area contributed by atoms with Gasteiger partial charge < -0.3 is 5.32 Å². The van der Waals surface area contributed by atoms with E-state index in [-0.39, 0.29) is 11.4 Å². The van der Waals surface area contributed by atoms with E-state index < -0.39 is 39.9 Å². The summed E-state index contributed by atoms with van der Waals surface area (Å²) in [6, 6.07) is 2.81. The molecule has 24 heavy (non-hydrogen) atoms. The number of amides is 1. The zero-order valence-electron chi connectivity index (χ0n) is 13.2. The third kappa shape index (κ3) is 5.86. The van der Waals surface area contributed by atoms with Crippen LogP contribution in [0.5, 0.6) is 0 Å². The van der Waals surface area contributed by atoms with Crippen molar-refractivity contribution >= 4 is 33.2 Å². The number of halogens is 4. The molecular weight excluding hydrogens is 369 g/mol. The molecule has 136 valence electrons. The molecule has 1 N–H and O–H groups in total. The van der Waals surface area contributed by atoms with Crippen molar-refractivity contribution in [2.24, 2.45) is 0 Å². The Morgan fingerprint density at radius 1 is 1.33 bits per heavy atom. The number of carbonyl (C=O) groups is 1. The van der Waals surface area contributed by atoms with Gasteiger partial charge in [0.2, 0.25) is 15.9 Å². The fourth-order valence-electron chi connectivity index (χ4n) is 1.97. The van der Waals surface area contributed by atoms with Crippen molar-refractivity contribution in [3.05, 3.63) is 28.8 Å². The average molecular weight is 387 g/mol. The summed E-state index contributed by atoms with van der Waals surface area (Å²) in [5.74, 6) is -0.437. The van der Waals surface area contributed by atoms with Gasteiger partial charge in [-0.2, -0.15) is 13.2 Å². The fraction of sp³-hybridized carbons (Fsp3) is 0.500. The normalized spacial score (nSPS) is 12.1. The lowest BCUT2D eigenvalue weighted by atomic mass is 10.1. The van der Waals surface area contributed by atoms with Crippen LogP contribution in [-0.4, -0.2) is 33.7 Å². The van der Waals surface area contributed by atoms with Crippen molar-refractivity contribution in [2.45, 2.75) is 25.9 Å². The summed E-state index contributed by atoms with van der Waals surface area (Å²) in [5, 5.41) is 2.37. The van der Waals surface area contributed by atoms with Crippen LogP contribution in [0.1, 0.15) is 25.3 Å². The summed E-state index contributed by atoms with van der Waals surface area (Å²) in [5.41, 5.74) is -1.73. The number of hydrogen-bond acceptors (Lipinski definition) is 3. The maximum absolute atomic E-state index is 13.2. The molecule has 0 aliphatic carbocycles. The van der Waals surface area contributed by atoms with E-state index in [9.17, 15) is 26.4 Å². The minimum Gasteiger partial charge on any atom is -0.356 e. The third-order valence-electron chi connectivity index (χ3n) is 3.05. The van der Waals surface area contributed by atoms with E-state index >= 15 is 0 Å². The minimum atomic E-state index is -4.78. The Balaban J connectivity index is 3.17. The van der Waals surface area contributed by atoms with Gasteiger partial charge in [0.1, 0.15) is 0 Å². The van der Waals surface area contributed by atoms with E-state index in [0.717, 1.165) is 12.3 Å². The Hall–Kier alpha value is -1.48. The summed E-state index contributed by atoms with van der Waals surface area (Å²) in [6.45, 7) is 1.85. The first-order valence-electron chi connectivity index (χ1n) is 7.08. The van der Waals surface area contributed by atoms with E-state index in [1.165, 1.54) is 6.07 Å². The molecule has 1 aromatic carbocycles. The van der Waals surface area contributed by atoms with Crippen LogP contribution in [0.15, 0.2) is 18.2 Å². The van der Waals surface area contributed by atoms with Gasteiger partial charge in [0.05, 0.1) is 17.5 Å². The van der Waals surface area contributed by atoms with Gasteiger partial charge in [-0.05, 0) is 24.6 Å². The van der Waals surface area contributed by atoms with Crippen molar-refractivity contribution in [3.63, 3.8) is 0 Å². The summed E-state index contributed by atoms with van der Waals surface area (Å²) >= 11 is 5.59. The maximum atomic E-state index is 13.2. The highest BCUT2D eigenvalue weighted by molar-refractivity contribution is 7.92. The van der Waals surface area contributed by atoms with Crippen LogP contribution in [0, 0.1) is 0 Å². The zero-order chi connectivity index (χ0) is 18.5. The highest BCUT2D eigenvalue weighted by Gasteiger charge is 2.37. The van der Waals surface area contributed by atoms with E-state index in [1.54, 1.807) is 0 Å². The number of nitrogens with zero attached hydrogens (tertiary/aromatic N) is 1. The van der Waals surface area contributed by atoms with Gasteiger partial charge in [-0.1, -0.05) is 18.5 Å². The molecule has 0 unspecified atom stereocenters. The highest BCUT2D eigenvalue weighted by Crippen LogP contribution is 2.39. The van der Waals surface area contributed by atoms with E-state index in [0.29, 0.717) is 23.3 Å². The molecule has 1 amide bonds. The third-order valence-corrected chi connectivity index (χ3v) is 4.46. The van der Waals surface area contributed by atoms with Gasteiger partial charge in [-0.25, -0.2) is 8.42 Å². The lowest BCUT2D eigenvalue weighted by Crippen LogP contribution is -2.36. The molecule has 0 bridgehead atoms. The van der Waals surface area contributed by atoms with Crippen LogP contribution in [0.25, 0.3) is 0 Å². The van der Waals surface area contributed by atoms with Crippen molar-refractivity contribution in [1.29, 1.82) is 0 Å². The van der Waals surface area contributed by atoms with Gasteiger partial charge >= 0.3 is 6.18 Å². The molecule has 0 heterocycles. The average Bonchev–Trinajstić information content (AvgIpc) is 2.44. The Bertz CT molecular complexity index is 693. The summed E-state index contributed by atoms with van der Waals surface area (Å²) < 4.78 is 63.9. The SMILES string of the molecule is CCCNC(=O)CCN(c1ccc(Cl)cc1C(F)(F)F)S(C)(=O)=O. The second kappa shape index (κ2) is 8.06. The summed E-state index contributed by atoms with van der Waals surface area (Å²) in [7, 11) is -4.02. The molecule has 0 radical (unpaired) electrons. The lowest BCUT2D eigenvalue weighted by molar-refractivity contribution is -0.137. The number of nitrogens with one attached hydrogen (secondary N) is 1. The first kappa shape index (κ1) is 20.6. The largest absolute Gasteiger partial charge is 0.418 e. The van der Waals surface area contributed by atoms with Crippen LogP contribution in [0.4, 0.5) is 18.9 Å². The minimum absolute atomic E-state index is 0.166. The smallest absolute Gasteiger partial charge is 0.356 e. The predicted molar refractivity (Wildman–Crippen MR) is 86.6 cm³/mol. The first-order chi connectivity index (χ1) is 11.0. The van der Waals surface area contributed by atoms with Crippen LogP contribution in [0.2, 0.25) is 5.02 Å². The molecule has 0 atom stereocenters. The van der Waals surface area contributed by atoms with E-state index in [1.807, 2.05) is 6.92 Å². The van der Waals surface area contributed by atoms with Crippen molar-refractivity contribution in [2.75, 3.05) is 23.7 Å². The molecule has 10 heteroatoms. The molecule has 5 nitrogen and oxygen atoms in total. The number of benzene rings is 1. The molecule has 0 aliphatic rings. The van der Waals surface area contributed by atoms with Crippen molar-refractivity contribution in [3.8, 4) is 0 Å². The monoisotopic (exact) mass is 386 g/mol. The molecular formula is C14H18ClF3N2O3S. The van der Waals surface area contributed by atoms with Crippen LogP contribution < -0.4 is 9.62 Å². The standard InChI is InChI=1S/C14H18ClF3N2O3S/c1-3-7-19-13(21)6-8-20(24(2,22)23)12-5-4-10(15)9-11(12)14(16,17)18/h4-5,9H,3,6-8H2,1-2H3,(H,19,21). The van der Waals surface area contributed by atoms with Gasteiger partial charge in [0.25, 0.3) is 0 Å². The van der Waals surface area contributed by atoms with Crippen molar-refractivity contribution < 1.29 is 26.4 Å². The fourth-order valence-corrected chi connectivity index (χ4v) is 3.09. The van der Waals surface area contributed by atoms with Gasteiger partial charge in [-0.3, -0.25) is 9.10 Å². The number of anilines is 1. The number of alkyl halides is 3. The Morgan fingerprint density at radius 3 is 2.46 bits per heavy atom. The highest BCUT2D eigenvalue weighted by atomic mass is 35.5.